The van der Waals surface area contributed by atoms with Crippen LogP contribution in [0.5, 0.6) is 0 Å². The molecule has 20 heavy (non-hydrogen) atoms. The molecule has 3 nitrogen and oxygen atoms in total. The summed E-state index contributed by atoms with van der Waals surface area (Å²) in [4.78, 5) is 13.5. The van der Waals surface area contributed by atoms with Gasteiger partial charge in [-0.15, -0.1) is 0 Å². The Labute approximate surface area is 120 Å². The van der Waals surface area contributed by atoms with Gasteiger partial charge in [0.2, 0.25) is 0 Å². The van der Waals surface area contributed by atoms with Crippen molar-refractivity contribution in [1.29, 1.82) is 0 Å². The van der Waals surface area contributed by atoms with Crippen LogP contribution in [-0.4, -0.2) is 29.6 Å². The van der Waals surface area contributed by atoms with Crippen molar-refractivity contribution in [3.63, 3.8) is 0 Å². The van der Waals surface area contributed by atoms with Crippen LogP contribution in [0.25, 0.3) is 0 Å². The van der Waals surface area contributed by atoms with Gasteiger partial charge in [0.1, 0.15) is 6.23 Å². The van der Waals surface area contributed by atoms with Crippen LogP contribution >= 0.6 is 0 Å². The van der Waals surface area contributed by atoms with Gasteiger partial charge in [-0.1, -0.05) is 36.4 Å². The molecule has 2 saturated heterocycles. The minimum atomic E-state index is 0.122. The number of ether oxygens (including phenoxy) is 1. The lowest BCUT2D eigenvalue weighted by Gasteiger charge is -2.28. The van der Waals surface area contributed by atoms with Crippen molar-refractivity contribution in [2.45, 2.75) is 44.5 Å². The first-order valence-electron chi connectivity index (χ1n) is 7.37. The molecule has 106 valence electrons. The molecule has 0 bridgehead atoms. The van der Waals surface area contributed by atoms with E-state index in [0.29, 0.717) is 12.1 Å². The Morgan fingerprint density at radius 3 is 2.90 bits per heavy atom. The van der Waals surface area contributed by atoms with E-state index in [4.69, 9.17) is 4.74 Å². The molecule has 2 aliphatic rings. The summed E-state index contributed by atoms with van der Waals surface area (Å²) in [5.74, 6) is 0.122. The molecule has 3 heteroatoms. The molecule has 2 aliphatic heterocycles. The quantitative estimate of drug-likeness (QED) is 0.788. The molecule has 1 unspecified atom stereocenters. The third-order valence-corrected chi connectivity index (χ3v) is 4.25. The SMILES string of the molecule is CC(=O)/C=C/C[C@H]1CCC2OC[C@@H](c3ccccc3)N21. The molecule has 3 rings (SSSR count). The van der Waals surface area contributed by atoms with Crippen LogP contribution in [0, 0.1) is 0 Å². The second kappa shape index (κ2) is 5.90. The van der Waals surface area contributed by atoms with Crippen molar-refractivity contribution in [3.8, 4) is 0 Å². The van der Waals surface area contributed by atoms with E-state index in [-0.39, 0.29) is 12.0 Å². The summed E-state index contributed by atoms with van der Waals surface area (Å²) in [7, 11) is 0. The van der Waals surface area contributed by atoms with E-state index in [2.05, 4.69) is 29.2 Å². The van der Waals surface area contributed by atoms with Crippen LogP contribution in [0.2, 0.25) is 0 Å². The van der Waals surface area contributed by atoms with Gasteiger partial charge >= 0.3 is 0 Å². The summed E-state index contributed by atoms with van der Waals surface area (Å²) in [6.45, 7) is 2.38. The number of rotatable bonds is 4. The fraction of sp³-hybridized carbons (Fsp3) is 0.471. The Balaban J connectivity index is 1.73. The fourth-order valence-electron chi connectivity index (χ4n) is 3.36. The highest BCUT2D eigenvalue weighted by Gasteiger charge is 2.43. The maximum Gasteiger partial charge on any atom is 0.152 e. The van der Waals surface area contributed by atoms with Gasteiger partial charge in [-0.25, -0.2) is 0 Å². The zero-order chi connectivity index (χ0) is 13.9. The Hall–Kier alpha value is -1.45. The highest BCUT2D eigenvalue weighted by molar-refractivity contribution is 5.87. The molecule has 0 saturated carbocycles. The molecule has 0 radical (unpaired) electrons. The Bertz CT molecular complexity index is 497. The standard InChI is InChI=1S/C17H21NO2/c1-13(19)6-5-9-15-10-11-17-18(15)16(12-20-17)14-7-3-2-4-8-14/h2-8,15-17H,9-12H2,1H3/b6-5+/t15-,16-,17?/m0/s1. The first kappa shape index (κ1) is 13.5. The molecule has 2 heterocycles. The van der Waals surface area contributed by atoms with Crippen molar-refractivity contribution in [2.24, 2.45) is 0 Å². The molecule has 0 aromatic heterocycles. The van der Waals surface area contributed by atoms with E-state index in [1.165, 1.54) is 5.56 Å². The third kappa shape index (κ3) is 2.69. The van der Waals surface area contributed by atoms with Crippen LogP contribution < -0.4 is 0 Å². The van der Waals surface area contributed by atoms with E-state index in [1.54, 1.807) is 13.0 Å². The zero-order valence-electron chi connectivity index (χ0n) is 11.9. The van der Waals surface area contributed by atoms with Gasteiger partial charge < -0.3 is 4.74 Å². The number of carbonyl (C=O) groups excluding carboxylic acids is 1. The van der Waals surface area contributed by atoms with Crippen LogP contribution in [0.4, 0.5) is 0 Å². The van der Waals surface area contributed by atoms with Crippen molar-refractivity contribution in [2.75, 3.05) is 6.61 Å². The predicted molar refractivity (Wildman–Crippen MR) is 78.2 cm³/mol. The smallest absolute Gasteiger partial charge is 0.152 e. The first-order chi connectivity index (χ1) is 9.75. The van der Waals surface area contributed by atoms with E-state index in [1.807, 2.05) is 12.1 Å². The van der Waals surface area contributed by atoms with Gasteiger partial charge in [0.25, 0.3) is 0 Å². The summed E-state index contributed by atoms with van der Waals surface area (Å²) in [6.07, 6.45) is 7.13. The number of ketones is 1. The highest BCUT2D eigenvalue weighted by atomic mass is 16.5. The van der Waals surface area contributed by atoms with Crippen molar-refractivity contribution in [3.05, 3.63) is 48.0 Å². The van der Waals surface area contributed by atoms with Crippen LogP contribution in [0.3, 0.4) is 0 Å². The van der Waals surface area contributed by atoms with E-state index in [9.17, 15) is 4.79 Å². The Morgan fingerprint density at radius 1 is 1.35 bits per heavy atom. The molecule has 1 aromatic rings. The Morgan fingerprint density at radius 2 is 2.15 bits per heavy atom. The number of fused-ring (bicyclic) bond motifs is 1. The first-order valence-corrected chi connectivity index (χ1v) is 7.37. The molecule has 0 amide bonds. The molecule has 1 aromatic carbocycles. The third-order valence-electron chi connectivity index (χ3n) is 4.25. The summed E-state index contributed by atoms with van der Waals surface area (Å²) in [6, 6.07) is 11.4. The van der Waals surface area contributed by atoms with Crippen molar-refractivity contribution in [1.82, 2.24) is 4.90 Å². The number of nitrogens with zero attached hydrogens (tertiary/aromatic N) is 1. The molecule has 2 fully saturated rings. The largest absolute Gasteiger partial charge is 0.361 e. The summed E-state index contributed by atoms with van der Waals surface area (Å²) in [5.41, 5.74) is 1.33. The molecular formula is C17H21NO2. The van der Waals surface area contributed by atoms with Gasteiger partial charge in [0, 0.05) is 6.04 Å². The monoisotopic (exact) mass is 271 g/mol. The molecular weight excluding hydrogens is 250 g/mol. The molecule has 0 aliphatic carbocycles. The number of hydrogen-bond acceptors (Lipinski definition) is 3. The molecule has 0 N–H and O–H groups in total. The van der Waals surface area contributed by atoms with E-state index >= 15 is 0 Å². The average molecular weight is 271 g/mol. The van der Waals surface area contributed by atoms with Gasteiger partial charge in [-0.05, 0) is 37.8 Å². The van der Waals surface area contributed by atoms with E-state index in [0.717, 1.165) is 25.9 Å². The minimum absolute atomic E-state index is 0.122. The minimum Gasteiger partial charge on any atom is -0.361 e. The summed E-state index contributed by atoms with van der Waals surface area (Å²) >= 11 is 0. The van der Waals surface area contributed by atoms with Gasteiger partial charge in [-0.3, -0.25) is 9.69 Å². The van der Waals surface area contributed by atoms with Gasteiger partial charge in [-0.2, -0.15) is 0 Å². The van der Waals surface area contributed by atoms with Crippen molar-refractivity contribution < 1.29 is 9.53 Å². The number of carbonyl (C=O) groups is 1. The van der Waals surface area contributed by atoms with E-state index < -0.39 is 0 Å². The Kier molecular flexibility index (Phi) is 3.99. The summed E-state index contributed by atoms with van der Waals surface area (Å²) < 4.78 is 5.94. The van der Waals surface area contributed by atoms with Crippen LogP contribution in [0.15, 0.2) is 42.5 Å². The average Bonchev–Trinajstić information content (AvgIpc) is 3.02. The van der Waals surface area contributed by atoms with Gasteiger partial charge in [0.05, 0.1) is 12.6 Å². The lowest BCUT2D eigenvalue weighted by molar-refractivity contribution is -0.112. The molecule has 3 atom stereocenters. The van der Waals surface area contributed by atoms with Crippen LogP contribution in [0.1, 0.15) is 37.8 Å². The number of hydrogen-bond donors (Lipinski definition) is 0. The maximum absolute atomic E-state index is 11.0. The highest BCUT2D eigenvalue weighted by Crippen LogP contribution is 2.40. The second-order valence-electron chi connectivity index (χ2n) is 5.64. The lowest BCUT2D eigenvalue weighted by atomic mass is 10.0. The predicted octanol–water partition coefficient (Wildman–Crippen LogP) is 3.08. The van der Waals surface area contributed by atoms with Crippen LogP contribution in [-0.2, 0) is 9.53 Å². The zero-order valence-corrected chi connectivity index (χ0v) is 11.9. The molecule has 0 spiro atoms. The summed E-state index contributed by atoms with van der Waals surface area (Å²) in [5, 5.41) is 0. The van der Waals surface area contributed by atoms with Gasteiger partial charge in [0.15, 0.2) is 5.78 Å². The number of benzene rings is 1. The normalized spacial score (nSPS) is 29.9. The second-order valence-corrected chi connectivity index (χ2v) is 5.64. The number of allylic oxidation sites excluding steroid dienone is 1. The topological polar surface area (TPSA) is 29.5 Å². The lowest BCUT2D eigenvalue weighted by Crippen LogP contribution is -2.34. The fourth-order valence-corrected chi connectivity index (χ4v) is 3.36. The van der Waals surface area contributed by atoms with Crippen molar-refractivity contribution >= 4 is 5.78 Å². The maximum atomic E-state index is 11.0.